The van der Waals surface area contributed by atoms with E-state index in [1.165, 1.54) is 18.4 Å². The standard InChI is InChI=1S/C9H12O2/c10-5-7-6-11-9-4-2-1-3-8(7)9/h6,10H,1-5H2. The Morgan fingerprint density at radius 1 is 1.36 bits per heavy atom. The molecule has 0 saturated heterocycles. The van der Waals surface area contributed by atoms with Crippen LogP contribution < -0.4 is 0 Å². The van der Waals surface area contributed by atoms with Gasteiger partial charge < -0.3 is 9.52 Å². The van der Waals surface area contributed by atoms with Gasteiger partial charge in [-0.3, -0.25) is 0 Å². The summed E-state index contributed by atoms with van der Waals surface area (Å²) in [4.78, 5) is 0. The van der Waals surface area contributed by atoms with E-state index < -0.39 is 0 Å². The van der Waals surface area contributed by atoms with Crippen LogP contribution in [0.3, 0.4) is 0 Å². The molecule has 1 N–H and O–H groups in total. The predicted molar refractivity (Wildman–Crippen MR) is 41.3 cm³/mol. The quantitative estimate of drug-likeness (QED) is 0.663. The molecule has 0 atom stereocenters. The number of fused-ring (bicyclic) bond motifs is 1. The molecule has 1 aliphatic carbocycles. The van der Waals surface area contributed by atoms with Crippen molar-refractivity contribution in [2.75, 3.05) is 0 Å². The van der Waals surface area contributed by atoms with Crippen molar-refractivity contribution in [1.82, 2.24) is 0 Å². The SMILES string of the molecule is OCc1coc2c1CCCC2. The number of furan rings is 1. The molecule has 1 aliphatic rings. The Kier molecular flexibility index (Phi) is 1.70. The van der Waals surface area contributed by atoms with E-state index >= 15 is 0 Å². The molecule has 0 unspecified atom stereocenters. The van der Waals surface area contributed by atoms with Gasteiger partial charge in [-0.2, -0.15) is 0 Å². The van der Waals surface area contributed by atoms with Gasteiger partial charge in [0.25, 0.3) is 0 Å². The molecule has 2 rings (SSSR count). The van der Waals surface area contributed by atoms with E-state index in [1.54, 1.807) is 6.26 Å². The molecule has 60 valence electrons. The topological polar surface area (TPSA) is 33.4 Å². The molecule has 0 saturated carbocycles. The van der Waals surface area contributed by atoms with E-state index in [0.717, 1.165) is 24.2 Å². The molecule has 2 heteroatoms. The maximum Gasteiger partial charge on any atom is 0.107 e. The lowest BCUT2D eigenvalue weighted by Gasteiger charge is -2.09. The van der Waals surface area contributed by atoms with E-state index in [4.69, 9.17) is 9.52 Å². The Hall–Kier alpha value is -0.760. The summed E-state index contributed by atoms with van der Waals surface area (Å²) >= 11 is 0. The zero-order valence-electron chi connectivity index (χ0n) is 6.47. The molecule has 1 aromatic rings. The van der Waals surface area contributed by atoms with E-state index in [0.29, 0.717) is 0 Å². The van der Waals surface area contributed by atoms with Gasteiger partial charge in [0.2, 0.25) is 0 Å². The van der Waals surface area contributed by atoms with E-state index in [9.17, 15) is 0 Å². The average Bonchev–Trinajstić information content (AvgIpc) is 2.47. The van der Waals surface area contributed by atoms with Crippen LogP contribution in [0.1, 0.15) is 29.7 Å². The van der Waals surface area contributed by atoms with Gasteiger partial charge >= 0.3 is 0 Å². The summed E-state index contributed by atoms with van der Waals surface area (Å²) in [6, 6.07) is 0. The lowest BCUT2D eigenvalue weighted by molar-refractivity contribution is 0.279. The second-order valence-electron chi connectivity index (χ2n) is 3.03. The highest BCUT2D eigenvalue weighted by Crippen LogP contribution is 2.25. The highest BCUT2D eigenvalue weighted by Gasteiger charge is 2.15. The molecule has 0 radical (unpaired) electrons. The highest BCUT2D eigenvalue weighted by molar-refractivity contribution is 5.29. The number of aryl methyl sites for hydroxylation is 1. The van der Waals surface area contributed by atoms with Gasteiger partial charge in [0.05, 0.1) is 12.9 Å². The lowest BCUT2D eigenvalue weighted by atomic mass is 9.96. The van der Waals surface area contributed by atoms with Gasteiger partial charge in [0, 0.05) is 12.0 Å². The van der Waals surface area contributed by atoms with E-state index in [2.05, 4.69) is 0 Å². The van der Waals surface area contributed by atoms with Gasteiger partial charge in [0.1, 0.15) is 5.76 Å². The fourth-order valence-electron chi connectivity index (χ4n) is 1.69. The molecule has 0 spiro atoms. The number of hydrogen-bond donors (Lipinski definition) is 1. The second kappa shape index (κ2) is 2.70. The molecular weight excluding hydrogens is 140 g/mol. The Morgan fingerprint density at radius 3 is 3.00 bits per heavy atom. The van der Waals surface area contributed by atoms with E-state index in [1.807, 2.05) is 0 Å². The maximum absolute atomic E-state index is 8.92. The van der Waals surface area contributed by atoms with Crippen molar-refractivity contribution in [2.45, 2.75) is 32.3 Å². The minimum absolute atomic E-state index is 0.124. The van der Waals surface area contributed by atoms with Crippen molar-refractivity contribution in [1.29, 1.82) is 0 Å². The van der Waals surface area contributed by atoms with Crippen LogP contribution in [-0.4, -0.2) is 5.11 Å². The Balaban J connectivity index is 2.38. The first kappa shape index (κ1) is 6.92. The van der Waals surface area contributed by atoms with Crippen molar-refractivity contribution < 1.29 is 9.52 Å². The summed E-state index contributed by atoms with van der Waals surface area (Å²) in [5, 5.41) is 8.92. The van der Waals surface area contributed by atoms with Gasteiger partial charge in [-0.25, -0.2) is 0 Å². The van der Waals surface area contributed by atoms with Gasteiger partial charge in [-0.05, 0) is 24.8 Å². The monoisotopic (exact) mass is 152 g/mol. The largest absolute Gasteiger partial charge is 0.469 e. The van der Waals surface area contributed by atoms with Gasteiger partial charge in [-0.1, -0.05) is 0 Å². The van der Waals surface area contributed by atoms with Gasteiger partial charge in [-0.15, -0.1) is 0 Å². The van der Waals surface area contributed by atoms with Crippen molar-refractivity contribution in [3.8, 4) is 0 Å². The minimum Gasteiger partial charge on any atom is -0.469 e. The maximum atomic E-state index is 8.92. The zero-order chi connectivity index (χ0) is 7.68. The summed E-state index contributed by atoms with van der Waals surface area (Å²) < 4.78 is 5.32. The minimum atomic E-state index is 0.124. The van der Waals surface area contributed by atoms with Crippen LogP contribution in [0.25, 0.3) is 0 Å². The van der Waals surface area contributed by atoms with Crippen LogP contribution in [0.5, 0.6) is 0 Å². The summed E-state index contributed by atoms with van der Waals surface area (Å²) in [6.45, 7) is 0.124. The predicted octanol–water partition coefficient (Wildman–Crippen LogP) is 1.65. The van der Waals surface area contributed by atoms with Crippen molar-refractivity contribution >= 4 is 0 Å². The van der Waals surface area contributed by atoms with Gasteiger partial charge in [0.15, 0.2) is 0 Å². The van der Waals surface area contributed by atoms with Crippen molar-refractivity contribution in [2.24, 2.45) is 0 Å². The Morgan fingerprint density at radius 2 is 2.18 bits per heavy atom. The number of rotatable bonds is 1. The first-order valence-electron chi connectivity index (χ1n) is 4.11. The fraction of sp³-hybridized carbons (Fsp3) is 0.556. The molecule has 0 amide bonds. The molecule has 0 fully saturated rings. The number of hydrogen-bond acceptors (Lipinski definition) is 2. The van der Waals surface area contributed by atoms with Crippen LogP contribution in [0, 0.1) is 0 Å². The third kappa shape index (κ3) is 1.07. The van der Waals surface area contributed by atoms with Crippen molar-refractivity contribution in [3.63, 3.8) is 0 Å². The van der Waals surface area contributed by atoms with Crippen LogP contribution in [0.15, 0.2) is 10.7 Å². The molecule has 0 bridgehead atoms. The third-order valence-corrected chi connectivity index (χ3v) is 2.32. The molecule has 1 aromatic heterocycles. The van der Waals surface area contributed by atoms with E-state index in [-0.39, 0.29) is 6.61 Å². The zero-order valence-corrected chi connectivity index (χ0v) is 6.47. The normalized spacial score (nSPS) is 16.5. The molecule has 1 heterocycles. The summed E-state index contributed by atoms with van der Waals surface area (Å²) in [5.74, 6) is 1.10. The van der Waals surface area contributed by atoms with Crippen LogP contribution >= 0.6 is 0 Å². The lowest BCUT2D eigenvalue weighted by Crippen LogP contribution is -2.01. The average molecular weight is 152 g/mol. The van der Waals surface area contributed by atoms with Crippen LogP contribution in [0.4, 0.5) is 0 Å². The Bertz CT molecular complexity index is 237. The summed E-state index contributed by atoms with van der Waals surface area (Å²) in [5.41, 5.74) is 2.25. The number of aliphatic hydroxyl groups is 1. The highest BCUT2D eigenvalue weighted by atomic mass is 16.3. The van der Waals surface area contributed by atoms with Crippen LogP contribution in [0.2, 0.25) is 0 Å². The first-order valence-corrected chi connectivity index (χ1v) is 4.11. The first-order chi connectivity index (χ1) is 5.42. The molecule has 11 heavy (non-hydrogen) atoms. The second-order valence-corrected chi connectivity index (χ2v) is 3.03. The molecule has 0 aromatic carbocycles. The third-order valence-electron chi connectivity index (χ3n) is 2.32. The smallest absolute Gasteiger partial charge is 0.107 e. The van der Waals surface area contributed by atoms with Crippen molar-refractivity contribution in [3.05, 3.63) is 23.2 Å². The molecule has 2 nitrogen and oxygen atoms in total. The summed E-state index contributed by atoms with van der Waals surface area (Å²) in [6.07, 6.45) is 6.29. The fourth-order valence-corrected chi connectivity index (χ4v) is 1.69. The van der Waals surface area contributed by atoms with Crippen LogP contribution in [-0.2, 0) is 19.4 Å². The summed E-state index contributed by atoms with van der Waals surface area (Å²) in [7, 11) is 0. The Labute approximate surface area is 65.8 Å². The molecular formula is C9H12O2. The molecule has 0 aliphatic heterocycles. The number of aliphatic hydroxyl groups excluding tert-OH is 1.